The number of furan rings is 1. The third-order valence-corrected chi connectivity index (χ3v) is 8.50. The number of aliphatic hydroxyl groups is 1. The molecular formula is C27H32BNO7S. The summed E-state index contributed by atoms with van der Waals surface area (Å²) in [5.41, 5.74) is 3.08. The number of hydrogen-bond donors (Lipinski definition) is 2. The Labute approximate surface area is 220 Å². The van der Waals surface area contributed by atoms with Crippen LogP contribution in [-0.2, 0) is 32.1 Å². The minimum atomic E-state index is -1.00. The van der Waals surface area contributed by atoms with Crippen LogP contribution >= 0.6 is 11.3 Å². The molecule has 2 aromatic rings. The molecule has 4 atom stereocenters. The fraction of sp³-hybridized carbons (Fsp3) is 0.481. The molecule has 37 heavy (non-hydrogen) atoms. The summed E-state index contributed by atoms with van der Waals surface area (Å²) in [7, 11) is 0.626. The van der Waals surface area contributed by atoms with Gasteiger partial charge in [-0.25, -0.2) is 0 Å². The third-order valence-electron chi connectivity index (χ3n) is 7.64. The second-order valence-corrected chi connectivity index (χ2v) is 11.1. The Hall–Kier alpha value is -2.50. The SMILES string of the molecule is COCC1=C2[C@@H](CC/C(C)=C/c3ccc(CO)o3)OB(O)C[C@@H]2[C@@H]2C(=O)N(Cc3cccs3)C(=O)[C@@H]2C1. The quantitative estimate of drug-likeness (QED) is 0.292. The fourth-order valence-electron chi connectivity index (χ4n) is 6.08. The average Bonchev–Trinajstić information content (AvgIpc) is 3.61. The molecule has 0 saturated carbocycles. The molecule has 0 radical (unpaired) electrons. The zero-order chi connectivity index (χ0) is 26.1. The first-order chi connectivity index (χ1) is 17.9. The molecule has 0 unspecified atom stereocenters. The number of amides is 2. The van der Waals surface area contributed by atoms with Crippen molar-refractivity contribution in [2.24, 2.45) is 17.8 Å². The van der Waals surface area contributed by atoms with Gasteiger partial charge in [0.05, 0.1) is 31.1 Å². The van der Waals surface area contributed by atoms with Gasteiger partial charge in [-0.15, -0.1) is 11.3 Å². The molecule has 2 amide bonds. The van der Waals surface area contributed by atoms with E-state index in [-0.39, 0.29) is 36.8 Å². The van der Waals surface area contributed by atoms with Crippen LogP contribution in [0.4, 0.5) is 0 Å². The summed E-state index contributed by atoms with van der Waals surface area (Å²) in [4.78, 5) is 29.4. The highest BCUT2D eigenvalue weighted by molar-refractivity contribution is 7.09. The lowest BCUT2D eigenvalue weighted by Crippen LogP contribution is -2.46. The Kier molecular flexibility index (Phi) is 7.83. The molecule has 10 heteroatoms. The van der Waals surface area contributed by atoms with Crippen LogP contribution in [0.25, 0.3) is 6.08 Å². The van der Waals surface area contributed by atoms with Gasteiger partial charge in [-0.1, -0.05) is 11.6 Å². The normalized spacial score (nSPS) is 26.2. The van der Waals surface area contributed by atoms with E-state index in [2.05, 4.69) is 0 Å². The standard InChI is InChI=1S/C27H32BNO7S/c1-16(10-18-6-7-19(14-30)35-18)5-8-23-24-17(15-34-2)11-21-25(22(24)12-28(33)36-23)27(32)29(26(21)31)13-20-4-3-9-37-20/h3-4,6-7,9-10,21-23,25,30,33H,5,8,11-15H2,1-2H3/b16-10+/t21-,22+,23-,25-/m1/s1. The van der Waals surface area contributed by atoms with Gasteiger partial charge in [0, 0.05) is 12.0 Å². The van der Waals surface area contributed by atoms with Crippen LogP contribution < -0.4 is 0 Å². The number of carbonyl (C=O) groups excluding carboxylic acids is 2. The van der Waals surface area contributed by atoms with Gasteiger partial charge in [0.15, 0.2) is 0 Å². The maximum absolute atomic E-state index is 13.6. The van der Waals surface area contributed by atoms with Crippen molar-refractivity contribution < 1.29 is 33.5 Å². The highest BCUT2D eigenvalue weighted by Gasteiger charge is 2.57. The van der Waals surface area contributed by atoms with E-state index in [0.717, 1.165) is 21.6 Å². The summed E-state index contributed by atoms with van der Waals surface area (Å²) < 4.78 is 17.1. The first-order valence-electron chi connectivity index (χ1n) is 12.7. The molecule has 2 aliphatic heterocycles. The highest BCUT2D eigenvalue weighted by Crippen LogP contribution is 2.51. The van der Waals surface area contributed by atoms with Crippen molar-refractivity contribution in [3.05, 3.63) is 62.8 Å². The predicted molar refractivity (Wildman–Crippen MR) is 139 cm³/mol. The number of imide groups is 1. The third kappa shape index (κ3) is 5.26. The number of aliphatic hydroxyl groups excluding tert-OH is 1. The number of allylic oxidation sites excluding steroid dienone is 1. The molecule has 0 bridgehead atoms. The molecular weight excluding hydrogens is 493 g/mol. The van der Waals surface area contributed by atoms with E-state index in [4.69, 9.17) is 13.8 Å². The van der Waals surface area contributed by atoms with E-state index in [0.29, 0.717) is 43.9 Å². The van der Waals surface area contributed by atoms with Crippen molar-refractivity contribution in [1.29, 1.82) is 0 Å². The number of hydrogen-bond acceptors (Lipinski definition) is 8. The van der Waals surface area contributed by atoms with Crippen LogP contribution in [0, 0.1) is 17.8 Å². The van der Waals surface area contributed by atoms with Gasteiger partial charge in [0.2, 0.25) is 11.8 Å². The van der Waals surface area contributed by atoms with Crippen LogP contribution in [0.3, 0.4) is 0 Å². The molecule has 3 aliphatic rings. The lowest BCUT2D eigenvalue weighted by molar-refractivity contribution is -0.140. The smallest absolute Gasteiger partial charge is 0.455 e. The topological polar surface area (TPSA) is 109 Å². The second kappa shape index (κ2) is 11.1. The monoisotopic (exact) mass is 525 g/mol. The Balaban J connectivity index is 1.38. The first-order valence-corrected chi connectivity index (χ1v) is 13.6. The zero-order valence-corrected chi connectivity index (χ0v) is 21.9. The first kappa shape index (κ1) is 26.1. The summed E-state index contributed by atoms with van der Waals surface area (Å²) in [6.07, 6.45) is 3.62. The summed E-state index contributed by atoms with van der Waals surface area (Å²) in [6.45, 7) is 2.51. The Morgan fingerprint density at radius 3 is 2.81 bits per heavy atom. The number of likely N-dealkylation sites (tertiary alicyclic amines) is 1. The van der Waals surface area contributed by atoms with Crippen molar-refractivity contribution in [1.82, 2.24) is 4.90 Å². The molecule has 1 aliphatic carbocycles. The maximum Gasteiger partial charge on any atom is 0.455 e. The minimum absolute atomic E-state index is 0.131. The number of thiophene rings is 1. The lowest BCUT2D eigenvalue weighted by atomic mass is 9.58. The predicted octanol–water partition coefficient (Wildman–Crippen LogP) is 3.66. The number of rotatable bonds is 9. The van der Waals surface area contributed by atoms with E-state index in [9.17, 15) is 19.7 Å². The number of ether oxygens (including phenoxy) is 1. The van der Waals surface area contributed by atoms with Crippen molar-refractivity contribution in [2.45, 2.75) is 51.8 Å². The molecule has 196 valence electrons. The lowest BCUT2D eigenvalue weighted by Gasteiger charge is -2.43. The molecule has 2 saturated heterocycles. The molecule has 5 rings (SSSR count). The number of carbonyl (C=O) groups is 2. The minimum Gasteiger partial charge on any atom is -0.459 e. The van der Waals surface area contributed by atoms with Crippen molar-refractivity contribution in [3.8, 4) is 0 Å². The number of fused-ring (bicyclic) bond motifs is 3. The Morgan fingerprint density at radius 2 is 2.11 bits per heavy atom. The maximum atomic E-state index is 13.6. The van der Waals surface area contributed by atoms with E-state index < -0.39 is 19.0 Å². The molecule has 4 heterocycles. The van der Waals surface area contributed by atoms with Gasteiger partial charge in [-0.3, -0.25) is 14.5 Å². The van der Waals surface area contributed by atoms with Crippen LogP contribution in [0.1, 0.15) is 42.6 Å². The molecule has 2 N–H and O–H groups in total. The van der Waals surface area contributed by atoms with Crippen molar-refractivity contribution in [2.75, 3.05) is 13.7 Å². The van der Waals surface area contributed by atoms with Gasteiger partial charge in [-0.05, 0) is 79.2 Å². The fourth-order valence-corrected chi connectivity index (χ4v) is 6.77. The summed E-state index contributed by atoms with van der Waals surface area (Å²) in [6, 6.07) is 7.41. The largest absolute Gasteiger partial charge is 0.459 e. The van der Waals surface area contributed by atoms with Crippen LogP contribution in [-0.4, -0.2) is 53.8 Å². The van der Waals surface area contributed by atoms with Crippen LogP contribution in [0.5, 0.6) is 0 Å². The van der Waals surface area contributed by atoms with Gasteiger partial charge in [-0.2, -0.15) is 0 Å². The summed E-state index contributed by atoms with van der Waals surface area (Å²) in [5, 5.41) is 21.8. The molecule has 0 spiro atoms. The van der Waals surface area contributed by atoms with E-state index in [1.807, 2.05) is 36.6 Å². The average molecular weight is 525 g/mol. The van der Waals surface area contributed by atoms with E-state index in [1.165, 1.54) is 16.2 Å². The van der Waals surface area contributed by atoms with Crippen molar-refractivity contribution >= 4 is 36.3 Å². The molecule has 2 aromatic heterocycles. The van der Waals surface area contributed by atoms with Crippen LogP contribution in [0.2, 0.25) is 6.32 Å². The Morgan fingerprint density at radius 1 is 1.27 bits per heavy atom. The molecule has 0 aromatic carbocycles. The van der Waals surface area contributed by atoms with E-state index in [1.54, 1.807) is 13.2 Å². The highest BCUT2D eigenvalue weighted by atomic mass is 32.1. The number of methoxy groups -OCH3 is 1. The van der Waals surface area contributed by atoms with Crippen LogP contribution in [0.15, 0.2) is 50.8 Å². The van der Waals surface area contributed by atoms with Gasteiger partial charge >= 0.3 is 7.12 Å². The van der Waals surface area contributed by atoms with Crippen molar-refractivity contribution in [3.63, 3.8) is 0 Å². The number of nitrogens with zero attached hydrogens (tertiary/aromatic N) is 1. The Bertz CT molecular complexity index is 1200. The van der Waals surface area contributed by atoms with Gasteiger partial charge in [0.1, 0.15) is 18.1 Å². The van der Waals surface area contributed by atoms with E-state index >= 15 is 0 Å². The zero-order valence-electron chi connectivity index (χ0n) is 21.1. The summed E-state index contributed by atoms with van der Waals surface area (Å²) in [5.74, 6) is -0.277. The molecule has 8 nitrogen and oxygen atoms in total. The van der Waals surface area contributed by atoms with Gasteiger partial charge in [0.25, 0.3) is 0 Å². The molecule has 2 fully saturated rings. The second-order valence-electron chi connectivity index (χ2n) is 10.1. The van der Waals surface area contributed by atoms with Gasteiger partial charge < -0.3 is 23.9 Å². The summed E-state index contributed by atoms with van der Waals surface area (Å²) >= 11 is 1.53.